The molecule has 6 heteroatoms. The summed E-state index contributed by atoms with van der Waals surface area (Å²) in [6, 6.07) is 0. The van der Waals surface area contributed by atoms with Gasteiger partial charge in [0.25, 0.3) is 0 Å². The monoisotopic (exact) mass is 392 g/mol. The summed E-state index contributed by atoms with van der Waals surface area (Å²) in [5.74, 6) is -1.08. The molecule has 2 saturated carbocycles. The van der Waals surface area contributed by atoms with E-state index in [9.17, 15) is 24.9 Å². The summed E-state index contributed by atoms with van der Waals surface area (Å²) in [7, 11) is 0. The molecule has 146 valence electrons. The number of carbonyl (C=O) groups is 2. The minimum absolute atomic E-state index is 0.0513. The van der Waals surface area contributed by atoms with Crippen molar-refractivity contribution < 1.29 is 24.9 Å². The summed E-state index contributed by atoms with van der Waals surface area (Å²) >= 11 is 6.57. The van der Waals surface area contributed by atoms with E-state index in [1.165, 1.54) is 12.2 Å². The molecule has 3 N–H and O–H groups in total. The van der Waals surface area contributed by atoms with Crippen molar-refractivity contribution in [2.45, 2.75) is 44.8 Å². The van der Waals surface area contributed by atoms with E-state index in [0.717, 1.165) is 5.57 Å². The predicted molar refractivity (Wildman–Crippen MR) is 99.8 cm³/mol. The van der Waals surface area contributed by atoms with Crippen molar-refractivity contribution >= 4 is 23.2 Å². The predicted octanol–water partition coefficient (Wildman–Crippen LogP) is 1.90. The van der Waals surface area contributed by atoms with Gasteiger partial charge in [-0.2, -0.15) is 0 Å². The highest BCUT2D eigenvalue weighted by Gasteiger charge is 2.67. The van der Waals surface area contributed by atoms with Gasteiger partial charge in [-0.1, -0.05) is 37.6 Å². The number of allylic oxidation sites excluding steroid dienone is 6. The van der Waals surface area contributed by atoms with Gasteiger partial charge in [-0.15, -0.1) is 0 Å². The van der Waals surface area contributed by atoms with Crippen LogP contribution >= 0.6 is 11.6 Å². The lowest BCUT2D eigenvalue weighted by atomic mass is 9.48. The number of aliphatic hydroxyl groups excluding tert-OH is 2. The Morgan fingerprint density at radius 2 is 2.07 bits per heavy atom. The second-order valence-electron chi connectivity index (χ2n) is 8.97. The van der Waals surface area contributed by atoms with Crippen molar-refractivity contribution in [2.24, 2.45) is 28.6 Å². The van der Waals surface area contributed by atoms with E-state index in [0.29, 0.717) is 11.5 Å². The van der Waals surface area contributed by atoms with Crippen LogP contribution in [0.15, 0.2) is 34.9 Å². The van der Waals surface area contributed by atoms with E-state index in [2.05, 4.69) is 0 Å². The molecule has 0 aromatic carbocycles. The van der Waals surface area contributed by atoms with Crippen molar-refractivity contribution in [3.63, 3.8) is 0 Å². The average molecular weight is 393 g/mol. The van der Waals surface area contributed by atoms with Gasteiger partial charge in [0.05, 0.1) is 6.10 Å². The van der Waals surface area contributed by atoms with Gasteiger partial charge < -0.3 is 15.3 Å². The molecule has 4 rings (SSSR count). The Morgan fingerprint density at radius 1 is 1.37 bits per heavy atom. The number of carbonyl (C=O) groups excluding carboxylic acids is 2. The number of rotatable bonds is 2. The lowest BCUT2D eigenvalue weighted by molar-refractivity contribution is -0.172. The van der Waals surface area contributed by atoms with Gasteiger partial charge in [0, 0.05) is 21.8 Å². The first-order valence-electron chi connectivity index (χ1n) is 9.46. The molecule has 4 aliphatic carbocycles. The largest absolute Gasteiger partial charge is 0.393 e. The van der Waals surface area contributed by atoms with Gasteiger partial charge in [-0.25, -0.2) is 0 Å². The molecule has 2 fully saturated rings. The Bertz CT molecular complexity index is 813. The summed E-state index contributed by atoms with van der Waals surface area (Å²) in [4.78, 5) is 24.2. The molecule has 5 nitrogen and oxygen atoms in total. The maximum Gasteiger partial charge on any atom is 0.190 e. The van der Waals surface area contributed by atoms with Crippen molar-refractivity contribution in [3.05, 3.63) is 34.9 Å². The molecule has 0 unspecified atom stereocenters. The van der Waals surface area contributed by atoms with E-state index in [1.54, 1.807) is 0 Å². The molecule has 27 heavy (non-hydrogen) atoms. The van der Waals surface area contributed by atoms with E-state index < -0.39 is 34.9 Å². The minimum Gasteiger partial charge on any atom is -0.393 e. The van der Waals surface area contributed by atoms with E-state index in [4.69, 9.17) is 11.6 Å². The van der Waals surface area contributed by atoms with Crippen LogP contribution in [0.2, 0.25) is 0 Å². The van der Waals surface area contributed by atoms with Gasteiger partial charge in [-0.3, -0.25) is 9.59 Å². The second-order valence-corrected chi connectivity index (χ2v) is 9.38. The van der Waals surface area contributed by atoms with Crippen LogP contribution in [0.1, 0.15) is 33.1 Å². The number of aliphatic hydroxyl groups is 3. The van der Waals surface area contributed by atoms with Gasteiger partial charge >= 0.3 is 0 Å². The Kier molecular flexibility index (Phi) is 4.14. The molecule has 0 aromatic heterocycles. The number of ketones is 2. The highest BCUT2D eigenvalue weighted by atomic mass is 35.5. The Morgan fingerprint density at radius 3 is 2.74 bits per heavy atom. The van der Waals surface area contributed by atoms with Crippen LogP contribution in [0.3, 0.4) is 0 Å². The lowest BCUT2D eigenvalue weighted by Gasteiger charge is -2.58. The molecule has 0 bridgehead atoms. The maximum absolute atomic E-state index is 12.4. The number of hydrogen-bond donors (Lipinski definition) is 3. The van der Waals surface area contributed by atoms with E-state index >= 15 is 0 Å². The smallest absolute Gasteiger partial charge is 0.190 e. The lowest BCUT2D eigenvalue weighted by Crippen LogP contribution is -2.61. The van der Waals surface area contributed by atoms with Crippen molar-refractivity contribution in [2.75, 3.05) is 6.61 Å². The normalized spacial score (nSPS) is 48.3. The molecule has 0 radical (unpaired) electrons. The molecule has 0 spiro atoms. The van der Waals surface area contributed by atoms with Crippen LogP contribution in [0.5, 0.6) is 0 Å². The van der Waals surface area contributed by atoms with E-state index in [1.807, 2.05) is 26.0 Å². The first-order chi connectivity index (χ1) is 12.6. The first kappa shape index (κ1) is 19.1. The fraction of sp³-hybridized carbons (Fsp3) is 0.619. The molecule has 0 heterocycles. The Balaban J connectivity index is 1.84. The topological polar surface area (TPSA) is 94.8 Å². The summed E-state index contributed by atoms with van der Waals surface area (Å²) < 4.78 is 0. The van der Waals surface area contributed by atoms with Gasteiger partial charge in [0.2, 0.25) is 0 Å². The van der Waals surface area contributed by atoms with Crippen LogP contribution in [0, 0.1) is 28.6 Å². The number of fused-ring (bicyclic) bond motifs is 5. The van der Waals surface area contributed by atoms with Crippen molar-refractivity contribution in [1.29, 1.82) is 0 Å². The van der Waals surface area contributed by atoms with Crippen LogP contribution in [-0.2, 0) is 9.59 Å². The quantitative estimate of drug-likeness (QED) is 0.667. The number of Topliss-reactive ketones (excluding diaryl/α,β-unsaturated/α-hetero) is 1. The van der Waals surface area contributed by atoms with Crippen molar-refractivity contribution in [1.82, 2.24) is 0 Å². The van der Waals surface area contributed by atoms with E-state index in [-0.39, 0.29) is 36.4 Å². The molecular formula is C21H25ClO5. The van der Waals surface area contributed by atoms with Crippen LogP contribution in [0.25, 0.3) is 0 Å². The maximum atomic E-state index is 12.4. The first-order valence-corrected chi connectivity index (χ1v) is 9.84. The number of hydrogen-bond acceptors (Lipinski definition) is 5. The molecule has 7 atom stereocenters. The zero-order valence-corrected chi connectivity index (χ0v) is 16.2. The number of halogens is 1. The summed E-state index contributed by atoms with van der Waals surface area (Å²) in [6.45, 7) is 3.11. The molecule has 0 aromatic rings. The third-order valence-electron chi connectivity index (χ3n) is 7.86. The molecule has 4 aliphatic rings. The fourth-order valence-corrected chi connectivity index (χ4v) is 6.86. The molecular weight excluding hydrogens is 368 g/mol. The summed E-state index contributed by atoms with van der Waals surface area (Å²) in [6.07, 6.45) is 7.16. The van der Waals surface area contributed by atoms with Gasteiger partial charge in [-0.05, 0) is 48.8 Å². The van der Waals surface area contributed by atoms with Gasteiger partial charge in [0.1, 0.15) is 12.2 Å². The molecule has 0 aliphatic heterocycles. The second kappa shape index (κ2) is 5.86. The highest BCUT2D eigenvalue weighted by molar-refractivity contribution is 6.32. The SMILES string of the molecule is C[C@]12C=CC(=O)C=C1C(Cl)=C[C@H]1[C@H]2[C@@H](O)C[C@@]2(C)[C@@H]1CC[C@@]2(O)C(=O)CO. The van der Waals surface area contributed by atoms with Crippen molar-refractivity contribution in [3.8, 4) is 0 Å². The van der Waals surface area contributed by atoms with Crippen LogP contribution in [0.4, 0.5) is 0 Å². The third-order valence-corrected chi connectivity index (χ3v) is 8.19. The summed E-state index contributed by atoms with van der Waals surface area (Å²) in [5, 5.41) is 32.2. The fourth-order valence-electron chi connectivity index (χ4n) is 6.46. The standard InChI is InChI=1S/C21H25ClO5/c1-19-5-3-11(24)7-14(19)15(22)8-12-13-4-6-21(27,17(26)10-23)20(13,2)9-16(25)18(12)19/h3,5,7-8,12-13,16,18,23,25,27H,4,6,9-10H2,1-2H3/t12-,13-,16+,18+,19+,20+,21-/m1/s1. The molecule has 0 saturated heterocycles. The van der Waals surface area contributed by atoms with Crippen LogP contribution in [-0.4, -0.2) is 45.2 Å². The van der Waals surface area contributed by atoms with Gasteiger partial charge in [0.15, 0.2) is 11.6 Å². The Labute approximate surface area is 163 Å². The third kappa shape index (κ3) is 2.29. The minimum atomic E-state index is -1.64. The Hall–Kier alpha value is -1.27. The van der Waals surface area contributed by atoms with Crippen LogP contribution < -0.4 is 0 Å². The average Bonchev–Trinajstić information content (AvgIpc) is 2.87. The molecule has 0 amide bonds. The zero-order chi connectivity index (χ0) is 19.8. The highest BCUT2D eigenvalue weighted by Crippen LogP contribution is 2.66. The summed E-state index contributed by atoms with van der Waals surface area (Å²) in [5.41, 5.74) is -2.34. The zero-order valence-electron chi connectivity index (χ0n) is 15.5.